The molecule has 2 aliphatic rings. The lowest BCUT2D eigenvalue weighted by Crippen LogP contribution is -2.35. The third-order valence-corrected chi connectivity index (χ3v) is 4.61. The van der Waals surface area contributed by atoms with E-state index in [9.17, 15) is 4.79 Å². The van der Waals surface area contributed by atoms with Gasteiger partial charge in [0.15, 0.2) is 0 Å². The molecule has 0 spiro atoms. The van der Waals surface area contributed by atoms with Crippen molar-refractivity contribution >= 4 is 5.91 Å². The van der Waals surface area contributed by atoms with Crippen LogP contribution in [0.5, 0.6) is 0 Å². The maximum absolute atomic E-state index is 12.5. The van der Waals surface area contributed by atoms with Gasteiger partial charge >= 0.3 is 0 Å². The van der Waals surface area contributed by atoms with Crippen molar-refractivity contribution in [3.05, 3.63) is 35.4 Å². The Hall–Kier alpha value is -1.47. The van der Waals surface area contributed by atoms with E-state index < -0.39 is 0 Å². The number of carbonyl (C=O) groups excluding carboxylic acids is 1. The SMILES string of the molecule is CO[C@@H]1CN(C(=O)c2ccc(CN3CCOCC3)cc2)C[C@@H]1N. The Labute approximate surface area is 137 Å². The van der Waals surface area contributed by atoms with Gasteiger partial charge in [0.1, 0.15) is 0 Å². The fourth-order valence-electron chi connectivity index (χ4n) is 3.17. The molecular formula is C17H25N3O3. The first-order chi connectivity index (χ1) is 11.2. The number of benzene rings is 1. The van der Waals surface area contributed by atoms with E-state index in [0.29, 0.717) is 18.7 Å². The molecule has 2 atom stereocenters. The molecule has 0 bridgehead atoms. The summed E-state index contributed by atoms with van der Waals surface area (Å²) in [5, 5.41) is 0. The molecule has 3 rings (SSSR count). The van der Waals surface area contributed by atoms with Gasteiger partial charge in [-0.3, -0.25) is 9.69 Å². The number of nitrogens with two attached hydrogens (primary N) is 1. The van der Waals surface area contributed by atoms with Crippen LogP contribution in [0.4, 0.5) is 0 Å². The van der Waals surface area contributed by atoms with Crippen LogP contribution in [0.2, 0.25) is 0 Å². The molecule has 2 fully saturated rings. The van der Waals surface area contributed by atoms with Gasteiger partial charge in [-0.15, -0.1) is 0 Å². The van der Waals surface area contributed by atoms with Gasteiger partial charge in [-0.2, -0.15) is 0 Å². The van der Waals surface area contributed by atoms with Crippen LogP contribution in [0.25, 0.3) is 0 Å². The first kappa shape index (κ1) is 16.4. The van der Waals surface area contributed by atoms with Crippen LogP contribution in [0, 0.1) is 0 Å². The molecule has 2 saturated heterocycles. The number of rotatable bonds is 4. The predicted molar refractivity (Wildman–Crippen MR) is 87.2 cm³/mol. The van der Waals surface area contributed by atoms with E-state index in [4.69, 9.17) is 15.2 Å². The second kappa shape index (κ2) is 7.40. The van der Waals surface area contributed by atoms with E-state index in [0.717, 1.165) is 32.8 Å². The van der Waals surface area contributed by atoms with Gasteiger partial charge in [0.2, 0.25) is 0 Å². The van der Waals surface area contributed by atoms with Crippen LogP contribution in [-0.4, -0.2) is 74.4 Å². The number of likely N-dealkylation sites (tertiary alicyclic amines) is 1. The predicted octanol–water partition coefficient (Wildman–Crippen LogP) is 0.317. The first-order valence-corrected chi connectivity index (χ1v) is 8.14. The van der Waals surface area contributed by atoms with E-state index in [1.54, 1.807) is 12.0 Å². The molecule has 1 aromatic carbocycles. The van der Waals surface area contributed by atoms with Crippen molar-refractivity contribution in [3.63, 3.8) is 0 Å². The minimum absolute atomic E-state index is 0.0259. The number of nitrogens with zero attached hydrogens (tertiary/aromatic N) is 2. The van der Waals surface area contributed by atoms with Gasteiger partial charge in [0, 0.05) is 45.4 Å². The summed E-state index contributed by atoms with van der Waals surface area (Å²) in [6, 6.07) is 7.77. The molecule has 2 heterocycles. The third-order valence-electron chi connectivity index (χ3n) is 4.61. The quantitative estimate of drug-likeness (QED) is 0.865. The number of amides is 1. The summed E-state index contributed by atoms with van der Waals surface area (Å²) in [5.41, 5.74) is 7.92. The lowest BCUT2D eigenvalue weighted by molar-refractivity contribution is 0.0342. The van der Waals surface area contributed by atoms with Gasteiger partial charge in [0.05, 0.1) is 25.4 Å². The van der Waals surface area contributed by atoms with Crippen LogP contribution in [-0.2, 0) is 16.0 Å². The van der Waals surface area contributed by atoms with E-state index >= 15 is 0 Å². The fourth-order valence-corrected chi connectivity index (χ4v) is 3.17. The fraction of sp³-hybridized carbons (Fsp3) is 0.588. The van der Waals surface area contributed by atoms with E-state index in [2.05, 4.69) is 4.90 Å². The molecule has 0 aliphatic carbocycles. The first-order valence-electron chi connectivity index (χ1n) is 8.14. The van der Waals surface area contributed by atoms with Crippen LogP contribution >= 0.6 is 0 Å². The molecular weight excluding hydrogens is 294 g/mol. The largest absolute Gasteiger partial charge is 0.379 e. The lowest BCUT2D eigenvalue weighted by atomic mass is 10.1. The zero-order valence-corrected chi connectivity index (χ0v) is 13.6. The van der Waals surface area contributed by atoms with Crippen LogP contribution in [0.1, 0.15) is 15.9 Å². The second-order valence-electron chi connectivity index (χ2n) is 6.23. The van der Waals surface area contributed by atoms with Crippen molar-refractivity contribution in [2.75, 3.05) is 46.5 Å². The minimum Gasteiger partial charge on any atom is -0.379 e. The Morgan fingerprint density at radius 3 is 2.57 bits per heavy atom. The topological polar surface area (TPSA) is 68.0 Å². The molecule has 6 heteroatoms. The Morgan fingerprint density at radius 1 is 1.26 bits per heavy atom. The summed E-state index contributed by atoms with van der Waals surface area (Å²) in [6.07, 6.45) is -0.0699. The molecule has 0 radical (unpaired) electrons. The third kappa shape index (κ3) is 3.90. The molecule has 0 saturated carbocycles. The average Bonchev–Trinajstić information content (AvgIpc) is 2.97. The van der Waals surface area contributed by atoms with Gasteiger partial charge in [-0.1, -0.05) is 12.1 Å². The normalized spacial score (nSPS) is 25.7. The monoisotopic (exact) mass is 319 g/mol. The molecule has 1 aromatic rings. The van der Waals surface area contributed by atoms with Crippen LogP contribution in [0.15, 0.2) is 24.3 Å². The molecule has 126 valence electrons. The molecule has 0 aromatic heterocycles. The maximum Gasteiger partial charge on any atom is 0.253 e. The molecule has 2 N–H and O–H groups in total. The molecule has 2 aliphatic heterocycles. The van der Waals surface area contributed by atoms with Crippen molar-refractivity contribution in [1.29, 1.82) is 0 Å². The van der Waals surface area contributed by atoms with Crippen molar-refractivity contribution in [3.8, 4) is 0 Å². The Morgan fingerprint density at radius 2 is 1.96 bits per heavy atom. The summed E-state index contributed by atoms with van der Waals surface area (Å²) in [6.45, 7) is 5.53. The number of ether oxygens (including phenoxy) is 2. The second-order valence-corrected chi connectivity index (χ2v) is 6.23. The average molecular weight is 319 g/mol. The Balaban J connectivity index is 1.59. The lowest BCUT2D eigenvalue weighted by Gasteiger charge is -2.26. The summed E-state index contributed by atoms with van der Waals surface area (Å²) < 4.78 is 10.7. The number of hydrogen-bond acceptors (Lipinski definition) is 5. The van der Waals surface area contributed by atoms with E-state index in [1.807, 2.05) is 24.3 Å². The molecule has 0 unspecified atom stereocenters. The highest BCUT2D eigenvalue weighted by atomic mass is 16.5. The minimum atomic E-state index is -0.107. The Kier molecular flexibility index (Phi) is 5.27. The van der Waals surface area contributed by atoms with Crippen molar-refractivity contribution in [2.45, 2.75) is 18.7 Å². The molecule has 6 nitrogen and oxygen atoms in total. The number of methoxy groups -OCH3 is 1. The van der Waals surface area contributed by atoms with E-state index in [-0.39, 0.29) is 18.1 Å². The zero-order chi connectivity index (χ0) is 16.2. The maximum atomic E-state index is 12.5. The summed E-state index contributed by atoms with van der Waals surface area (Å²) >= 11 is 0. The highest BCUT2D eigenvalue weighted by Crippen LogP contribution is 2.16. The van der Waals surface area contributed by atoms with Crippen LogP contribution in [0.3, 0.4) is 0 Å². The van der Waals surface area contributed by atoms with Crippen molar-refractivity contribution < 1.29 is 14.3 Å². The summed E-state index contributed by atoms with van der Waals surface area (Å²) in [4.78, 5) is 16.7. The molecule has 1 amide bonds. The standard InChI is InChI=1S/C17H25N3O3/c1-22-16-12-20(11-15(16)18)17(21)14-4-2-13(3-5-14)10-19-6-8-23-9-7-19/h2-5,15-16H,6-12,18H2,1H3/t15-,16+/m0/s1. The highest BCUT2D eigenvalue weighted by molar-refractivity contribution is 5.94. The number of hydrogen-bond donors (Lipinski definition) is 1. The summed E-state index contributed by atoms with van der Waals surface area (Å²) in [5.74, 6) is 0.0259. The zero-order valence-electron chi connectivity index (χ0n) is 13.6. The highest BCUT2D eigenvalue weighted by Gasteiger charge is 2.33. The van der Waals surface area contributed by atoms with Crippen molar-refractivity contribution in [2.24, 2.45) is 5.73 Å². The van der Waals surface area contributed by atoms with Gasteiger partial charge in [-0.25, -0.2) is 0 Å². The number of carbonyl (C=O) groups is 1. The number of morpholine rings is 1. The van der Waals surface area contributed by atoms with Crippen LogP contribution < -0.4 is 5.73 Å². The molecule has 23 heavy (non-hydrogen) atoms. The van der Waals surface area contributed by atoms with Gasteiger partial charge in [0.25, 0.3) is 5.91 Å². The smallest absolute Gasteiger partial charge is 0.253 e. The summed E-state index contributed by atoms with van der Waals surface area (Å²) in [7, 11) is 1.64. The van der Waals surface area contributed by atoms with Gasteiger partial charge < -0.3 is 20.1 Å². The van der Waals surface area contributed by atoms with E-state index in [1.165, 1.54) is 5.56 Å². The van der Waals surface area contributed by atoms with Gasteiger partial charge in [-0.05, 0) is 17.7 Å². The van der Waals surface area contributed by atoms with Crippen molar-refractivity contribution in [1.82, 2.24) is 9.80 Å². The Bertz CT molecular complexity index is 528.